The van der Waals surface area contributed by atoms with Crippen molar-refractivity contribution in [2.75, 3.05) is 0 Å². The zero-order chi connectivity index (χ0) is 17.6. The molecule has 0 aliphatic carbocycles. The number of phenols is 2. The zero-order valence-electron chi connectivity index (χ0n) is 13.3. The Bertz CT molecular complexity index is 815. The third-order valence-electron chi connectivity index (χ3n) is 3.48. The number of nitrogens with one attached hydrogen (secondary N) is 1. The molecule has 2 aromatic carbocycles. The second-order valence-electron chi connectivity index (χ2n) is 5.32. The van der Waals surface area contributed by atoms with E-state index in [0.717, 1.165) is 31.0 Å². The third-order valence-corrected chi connectivity index (χ3v) is 4.71. The van der Waals surface area contributed by atoms with E-state index in [4.69, 9.17) is 0 Å². The van der Waals surface area contributed by atoms with Gasteiger partial charge in [0.1, 0.15) is 0 Å². The first-order valence-corrected chi connectivity index (χ1v) is 9.07. The quantitative estimate of drug-likeness (QED) is 0.407. The molecule has 0 radical (unpaired) electrons. The zero-order valence-corrected chi connectivity index (χ0v) is 14.1. The van der Waals surface area contributed by atoms with Crippen LogP contribution in [0.15, 0.2) is 52.5 Å². The Hall–Kier alpha value is -2.54. The molecule has 0 bridgehead atoms. The van der Waals surface area contributed by atoms with Crippen LogP contribution in [-0.4, -0.2) is 24.8 Å². The number of aryl methyl sites for hydroxylation is 1. The van der Waals surface area contributed by atoms with Gasteiger partial charge >= 0.3 is 0 Å². The highest BCUT2D eigenvalue weighted by Crippen LogP contribution is 2.26. The van der Waals surface area contributed by atoms with Gasteiger partial charge in [-0.2, -0.15) is 13.5 Å². The van der Waals surface area contributed by atoms with Crippen molar-refractivity contribution in [1.29, 1.82) is 0 Å². The lowest BCUT2D eigenvalue weighted by Crippen LogP contribution is -2.18. The molecule has 6 nitrogen and oxygen atoms in total. The van der Waals surface area contributed by atoms with E-state index in [1.54, 1.807) is 12.1 Å². The molecule has 2 aromatic rings. The van der Waals surface area contributed by atoms with Crippen molar-refractivity contribution in [3.63, 3.8) is 0 Å². The van der Waals surface area contributed by atoms with E-state index in [0.29, 0.717) is 0 Å². The van der Waals surface area contributed by atoms with Crippen LogP contribution in [0.2, 0.25) is 0 Å². The van der Waals surface area contributed by atoms with Crippen molar-refractivity contribution < 1.29 is 18.6 Å². The van der Waals surface area contributed by atoms with Crippen LogP contribution in [0.5, 0.6) is 11.5 Å². The molecule has 2 rings (SSSR count). The molecule has 0 aromatic heterocycles. The number of rotatable bonds is 7. The van der Waals surface area contributed by atoms with Crippen LogP contribution in [0.1, 0.15) is 30.9 Å². The molecule has 0 saturated carbocycles. The minimum Gasteiger partial charge on any atom is -0.504 e. The number of hydrogen-bond acceptors (Lipinski definition) is 5. The molecule has 0 fully saturated rings. The molecule has 0 aliphatic rings. The number of phenolic OH excluding ortho intramolecular Hbond substituents is 2. The van der Waals surface area contributed by atoms with E-state index in [1.807, 2.05) is 0 Å². The summed E-state index contributed by atoms with van der Waals surface area (Å²) in [7, 11) is -3.78. The van der Waals surface area contributed by atoms with E-state index in [-0.39, 0.29) is 22.0 Å². The van der Waals surface area contributed by atoms with Crippen molar-refractivity contribution in [2.24, 2.45) is 5.10 Å². The molecule has 0 atom stereocenters. The van der Waals surface area contributed by atoms with Crippen LogP contribution in [0, 0.1) is 0 Å². The Balaban J connectivity index is 2.08. The van der Waals surface area contributed by atoms with Crippen LogP contribution in [-0.2, 0) is 16.4 Å². The molecule has 0 heterocycles. The number of hydrazone groups is 1. The summed E-state index contributed by atoms with van der Waals surface area (Å²) in [4.78, 5) is 2.19. The highest BCUT2D eigenvalue weighted by Gasteiger charge is 2.12. The van der Waals surface area contributed by atoms with Crippen LogP contribution in [0.4, 0.5) is 0 Å². The maximum absolute atomic E-state index is 12.2. The standard InChI is InChI=1S/C17H20N2O4S/c1-2-3-5-13-8-10-15(11-9-13)24(22,23)19-18-12-14-6-4-7-16(20)17(14)21/h4,6-12,19-21H,2-3,5H2,1H3. The highest BCUT2D eigenvalue weighted by atomic mass is 32.2. The summed E-state index contributed by atoms with van der Waals surface area (Å²) >= 11 is 0. The third kappa shape index (κ3) is 4.48. The summed E-state index contributed by atoms with van der Waals surface area (Å²) < 4.78 is 24.3. The van der Waals surface area contributed by atoms with Crippen LogP contribution in [0.25, 0.3) is 0 Å². The summed E-state index contributed by atoms with van der Waals surface area (Å²) in [5.41, 5.74) is 1.29. The predicted octanol–water partition coefficient (Wildman–Crippen LogP) is 2.75. The van der Waals surface area contributed by atoms with Gasteiger partial charge in [-0.25, -0.2) is 4.83 Å². The van der Waals surface area contributed by atoms with Gasteiger partial charge in [0.05, 0.1) is 11.1 Å². The maximum Gasteiger partial charge on any atom is 0.276 e. The van der Waals surface area contributed by atoms with Gasteiger partial charge in [0.15, 0.2) is 11.5 Å². The molecule has 3 N–H and O–H groups in total. The summed E-state index contributed by atoms with van der Waals surface area (Å²) in [5.74, 6) is -0.662. The molecule has 0 spiro atoms. The molecule has 0 saturated heterocycles. The first-order chi connectivity index (χ1) is 11.4. The Morgan fingerprint density at radius 1 is 1.12 bits per heavy atom. The molecule has 0 aliphatic heterocycles. The average molecular weight is 348 g/mol. The largest absolute Gasteiger partial charge is 0.504 e. The number of unbranched alkanes of at least 4 members (excludes halogenated alkanes) is 1. The minimum atomic E-state index is -3.78. The van der Waals surface area contributed by atoms with Gasteiger partial charge in [0, 0.05) is 5.56 Å². The van der Waals surface area contributed by atoms with Gasteiger partial charge in [0.25, 0.3) is 10.0 Å². The average Bonchev–Trinajstić information content (AvgIpc) is 2.57. The van der Waals surface area contributed by atoms with Crippen molar-refractivity contribution in [3.8, 4) is 11.5 Å². The summed E-state index contributed by atoms with van der Waals surface area (Å²) in [6.07, 6.45) is 4.18. The molecule has 0 amide bonds. The van der Waals surface area contributed by atoms with Crippen LogP contribution in [0.3, 0.4) is 0 Å². The highest BCUT2D eigenvalue weighted by molar-refractivity contribution is 7.89. The lowest BCUT2D eigenvalue weighted by Gasteiger charge is -2.05. The van der Waals surface area contributed by atoms with Gasteiger partial charge < -0.3 is 10.2 Å². The van der Waals surface area contributed by atoms with E-state index in [9.17, 15) is 18.6 Å². The van der Waals surface area contributed by atoms with E-state index >= 15 is 0 Å². The lowest BCUT2D eigenvalue weighted by molar-refractivity contribution is 0.403. The lowest BCUT2D eigenvalue weighted by atomic mass is 10.1. The topological polar surface area (TPSA) is 99.0 Å². The van der Waals surface area contributed by atoms with Crippen molar-refractivity contribution in [1.82, 2.24) is 4.83 Å². The molecule has 24 heavy (non-hydrogen) atoms. The van der Waals surface area contributed by atoms with E-state index in [2.05, 4.69) is 16.9 Å². The molecular weight excluding hydrogens is 328 g/mol. The van der Waals surface area contributed by atoms with Crippen molar-refractivity contribution >= 4 is 16.2 Å². The Kier molecular flexibility index (Phi) is 5.81. The maximum atomic E-state index is 12.2. The summed E-state index contributed by atoms with van der Waals surface area (Å²) in [6, 6.07) is 11.0. The number of nitrogens with zero attached hydrogens (tertiary/aromatic N) is 1. The predicted molar refractivity (Wildman–Crippen MR) is 92.7 cm³/mol. The SMILES string of the molecule is CCCCc1ccc(S(=O)(=O)NN=Cc2cccc(O)c2O)cc1. The number of hydrogen-bond donors (Lipinski definition) is 3. The fourth-order valence-corrected chi connectivity index (χ4v) is 2.88. The van der Waals surface area contributed by atoms with Gasteiger partial charge in [-0.1, -0.05) is 31.5 Å². The Morgan fingerprint density at radius 3 is 2.50 bits per heavy atom. The normalized spacial score (nSPS) is 11.7. The first-order valence-electron chi connectivity index (χ1n) is 7.59. The Morgan fingerprint density at radius 2 is 1.83 bits per heavy atom. The second kappa shape index (κ2) is 7.83. The molecular formula is C17H20N2O4S. The van der Waals surface area contributed by atoms with Gasteiger partial charge in [-0.05, 0) is 42.7 Å². The van der Waals surface area contributed by atoms with Gasteiger partial charge in [-0.15, -0.1) is 0 Å². The number of benzene rings is 2. The number of para-hydroxylation sites is 1. The smallest absolute Gasteiger partial charge is 0.276 e. The fraction of sp³-hybridized carbons (Fsp3) is 0.235. The van der Waals surface area contributed by atoms with Crippen LogP contribution < -0.4 is 4.83 Å². The molecule has 7 heteroatoms. The second-order valence-corrected chi connectivity index (χ2v) is 6.98. The molecule has 128 valence electrons. The van der Waals surface area contributed by atoms with Gasteiger partial charge in [0.2, 0.25) is 0 Å². The van der Waals surface area contributed by atoms with Crippen LogP contribution >= 0.6 is 0 Å². The summed E-state index contributed by atoms with van der Waals surface area (Å²) in [5, 5.41) is 22.6. The van der Waals surface area contributed by atoms with E-state index < -0.39 is 10.0 Å². The van der Waals surface area contributed by atoms with Gasteiger partial charge in [-0.3, -0.25) is 0 Å². The monoisotopic (exact) mass is 348 g/mol. The van der Waals surface area contributed by atoms with Crippen molar-refractivity contribution in [2.45, 2.75) is 31.1 Å². The van der Waals surface area contributed by atoms with Crippen molar-refractivity contribution in [3.05, 3.63) is 53.6 Å². The fourth-order valence-electron chi connectivity index (χ4n) is 2.09. The minimum absolute atomic E-state index is 0.111. The molecule has 0 unspecified atom stereocenters. The number of sulfonamides is 1. The summed E-state index contributed by atoms with van der Waals surface area (Å²) in [6.45, 7) is 2.10. The van der Waals surface area contributed by atoms with E-state index in [1.165, 1.54) is 30.3 Å². The first kappa shape index (κ1) is 17.8. The number of aromatic hydroxyl groups is 2. The Labute approximate surface area is 141 Å².